The van der Waals surface area contributed by atoms with Crippen molar-refractivity contribution in [2.24, 2.45) is 5.92 Å². The van der Waals surface area contributed by atoms with Crippen molar-refractivity contribution in [1.29, 1.82) is 0 Å². The van der Waals surface area contributed by atoms with Crippen LogP contribution < -0.4 is 0 Å². The zero-order valence-corrected chi connectivity index (χ0v) is 12.4. The second-order valence-electron chi connectivity index (χ2n) is 5.36. The van der Waals surface area contributed by atoms with Crippen LogP contribution in [0.25, 0.3) is 11.0 Å². The van der Waals surface area contributed by atoms with Crippen LogP contribution in [0.2, 0.25) is 5.02 Å². The van der Waals surface area contributed by atoms with E-state index in [2.05, 4.69) is 15.6 Å². The molecule has 0 amide bonds. The van der Waals surface area contributed by atoms with E-state index in [0.29, 0.717) is 10.9 Å². The quantitative estimate of drug-likeness (QED) is 0.725. The monoisotopic (exact) mass is 296 g/mol. The van der Waals surface area contributed by atoms with Gasteiger partial charge in [-0.15, -0.1) is 11.6 Å². The zero-order valence-electron chi connectivity index (χ0n) is 10.9. The normalized spacial score (nSPS) is 16.5. The Morgan fingerprint density at radius 1 is 1.26 bits per heavy atom. The van der Waals surface area contributed by atoms with E-state index in [1.165, 1.54) is 32.1 Å². The summed E-state index contributed by atoms with van der Waals surface area (Å²) < 4.78 is 2.24. The third-order valence-corrected chi connectivity index (χ3v) is 4.71. The van der Waals surface area contributed by atoms with E-state index in [1.54, 1.807) is 0 Å². The minimum atomic E-state index is 0.440. The highest BCUT2D eigenvalue weighted by molar-refractivity contribution is 6.34. The summed E-state index contributed by atoms with van der Waals surface area (Å²) >= 11 is 12.2. The maximum absolute atomic E-state index is 6.21. The molecule has 0 unspecified atom stereocenters. The van der Waals surface area contributed by atoms with Gasteiger partial charge in [-0.1, -0.05) is 43.4 Å². The van der Waals surface area contributed by atoms with Crippen LogP contribution in [-0.2, 0) is 12.4 Å². The van der Waals surface area contributed by atoms with Gasteiger partial charge in [-0.25, -0.2) is 4.98 Å². The third kappa shape index (κ3) is 2.61. The van der Waals surface area contributed by atoms with Crippen molar-refractivity contribution in [2.75, 3.05) is 0 Å². The average Bonchev–Trinajstić information content (AvgIpc) is 3.03. The molecule has 1 heterocycles. The van der Waals surface area contributed by atoms with Gasteiger partial charge in [-0.2, -0.15) is 0 Å². The number of alkyl halides is 1. The summed E-state index contributed by atoms with van der Waals surface area (Å²) in [7, 11) is 0. The molecule has 2 nitrogen and oxygen atoms in total. The fourth-order valence-electron chi connectivity index (χ4n) is 3.12. The molecule has 0 aliphatic heterocycles. The number of aryl methyl sites for hydroxylation is 1. The first-order chi connectivity index (χ1) is 9.29. The standard InChI is InChI=1S/C15H18Cl2N2/c16-10-14-18-15-12(17)6-3-7-13(15)19(14)9-8-11-4-1-2-5-11/h3,6-7,11H,1-2,4-5,8-10H2. The molecule has 0 N–H and O–H groups in total. The molecule has 1 aliphatic carbocycles. The number of benzene rings is 1. The van der Waals surface area contributed by atoms with Gasteiger partial charge in [-0.05, 0) is 24.5 Å². The van der Waals surface area contributed by atoms with Crippen LogP contribution in [0.15, 0.2) is 18.2 Å². The molecule has 0 bridgehead atoms. The Balaban J connectivity index is 1.89. The van der Waals surface area contributed by atoms with E-state index in [4.69, 9.17) is 23.2 Å². The van der Waals surface area contributed by atoms with E-state index in [-0.39, 0.29) is 0 Å². The second-order valence-corrected chi connectivity index (χ2v) is 6.03. The van der Waals surface area contributed by atoms with Crippen LogP contribution in [0.1, 0.15) is 37.9 Å². The average molecular weight is 297 g/mol. The van der Waals surface area contributed by atoms with Crippen LogP contribution in [0, 0.1) is 5.92 Å². The molecule has 1 aromatic heterocycles. The number of fused-ring (bicyclic) bond motifs is 1. The SMILES string of the molecule is ClCc1nc2c(Cl)cccc2n1CCC1CCCC1. The van der Waals surface area contributed by atoms with Crippen molar-refractivity contribution >= 4 is 34.2 Å². The van der Waals surface area contributed by atoms with Crippen molar-refractivity contribution in [3.05, 3.63) is 29.0 Å². The number of hydrogen-bond acceptors (Lipinski definition) is 1. The number of hydrogen-bond donors (Lipinski definition) is 0. The molecule has 2 aromatic rings. The molecule has 102 valence electrons. The van der Waals surface area contributed by atoms with Crippen LogP contribution >= 0.6 is 23.2 Å². The summed E-state index contributed by atoms with van der Waals surface area (Å²) in [6.07, 6.45) is 6.77. The topological polar surface area (TPSA) is 17.8 Å². The van der Waals surface area contributed by atoms with E-state index in [0.717, 1.165) is 29.3 Å². The zero-order chi connectivity index (χ0) is 13.2. The molecular weight excluding hydrogens is 279 g/mol. The van der Waals surface area contributed by atoms with Crippen LogP contribution in [0.3, 0.4) is 0 Å². The van der Waals surface area contributed by atoms with Gasteiger partial charge in [0, 0.05) is 6.54 Å². The van der Waals surface area contributed by atoms with E-state index >= 15 is 0 Å². The summed E-state index contributed by atoms with van der Waals surface area (Å²) in [4.78, 5) is 4.57. The highest BCUT2D eigenvalue weighted by atomic mass is 35.5. The molecule has 4 heteroatoms. The Bertz CT molecular complexity index is 571. The summed E-state index contributed by atoms with van der Waals surface area (Å²) in [6.45, 7) is 1.00. The van der Waals surface area contributed by atoms with E-state index < -0.39 is 0 Å². The lowest BCUT2D eigenvalue weighted by Crippen LogP contribution is -2.06. The maximum Gasteiger partial charge on any atom is 0.124 e. The number of aromatic nitrogens is 2. The molecule has 3 rings (SSSR count). The Kier molecular flexibility index (Phi) is 3.99. The number of halogens is 2. The lowest BCUT2D eigenvalue weighted by molar-refractivity contribution is 0.458. The highest BCUT2D eigenvalue weighted by Gasteiger charge is 2.17. The van der Waals surface area contributed by atoms with Gasteiger partial charge in [-0.3, -0.25) is 0 Å². The minimum absolute atomic E-state index is 0.440. The lowest BCUT2D eigenvalue weighted by Gasteiger charge is -2.12. The van der Waals surface area contributed by atoms with Crippen molar-refractivity contribution < 1.29 is 0 Å². The van der Waals surface area contributed by atoms with Crippen molar-refractivity contribution in [3.8, 4) is 0 Å². The summed E-state index contributed by atoms with van der Waals surface area (Å²) in [6, 6.07) is 5.95. The number of para-hydroxylation sites is 1. The largest absolute Gasteiger partial charge is 0.327 e. The Morgan fingerprint density at radius 3 is 2.79 bits per heavy atom. The Morgan fingerprint density at radius 2 is 2.05 bits per heavy atom. The fraction of sp³-hybridized carbons (Fsp3) is 0.533. The molecule has 0 radical (unpaired) electrons. The molecular formula is C15H18Cl2N2. The van der Waals surface area contributed by atoms with Gasteiger partial charge in [0.2, 0.25) is 0 Å². The highest BCUT2D eigenvalue weighted by Crippen LogP contribution is 2.30. The predicted octanol–water partition coefficient (Wildman–Crippen LogP) is 5.01. The molecule has 1 aromatic carbocycles. The van der Waals surface area contributed by atoms with Crippen molar-refractivity contribution in [3.63, 3.8) is 0 Å². The summed E-state index contributed by atoms with van der Waals surface area (Å²) in [5.74, 6) is 2.25. The third-order valence-electron chi connectivity index (χ3n) is 4.16. The first-order valence-corrected chi connectivity index (χ1v) is 7.90. The molecule has 19 heavy (non-hydrogen) atoms. The second kappa shape index (κ2) is 5.72. The van der Waals surface area contributed by atoms with Crippen LogP contribution in [-0.4, -0.2) is 9.55 Å². The lowest BCUT2D eigenvalue weighted by atomic mass is 10.0. The summed E-state index contributed by atoms with van der Waals surface area (Å²) in [5.41, 5.74) is 1.99. The molecule has 0 atom stereocenters. The van der Waals surface area contributed by atoms with Crippen LogP contribution in [0.5, 0.6) is 0 Å². The molecule has 1 saturated carbocycles. The van der Waals surface area contributed by atoms with Crippen LogP contribution in [0.4, 0.5) is 0 Å². The first-order valence-electron chi connectivity index (χ1n) is 6.99. The smallest absolute Gasteiger partial charge is 0.124 e. The van der Waals surface area contributed by atoms with Gasteiger partial charge < -0.3 is 4.57 Å². The van der Waals surface area contributed by atoms with Gasteiger partial charge in [0.1, 0.15) is 11.3 Å². The van der Waals surface area contributed by atoms with E-state index in [9.17, 15) is 0 Å². The number of imidazole rings is 1. The number of rotatable bonds is 4. The molecule has 1 aliphatic rings. The first kappa shape index (κ1) is 13.3. The van der Waals surface area contributed by atoms with Gasteiger partial charge >= 0.3 is 0 Å². The molecule has 0 spiro atoms. The fourth-order valence-corrected chi connectivity index (χ4v) is 3.54. The van der Waals surface area contributed by atoms with E-state index in [1.807, 2.05) is 12.1 Å². The molecule has 0 saturated heterocycles. The minimum Gasteiger partial charge on any atom is -0.327 e. The molecule has 1 fully saturated rings. The Labute approximate surface area is 123 Å². The van der Waals surface area contributed by atoms with Gasteiger partial charge in [0.25, 0.3) is 0 Å². The van der Waals surface area contributed by atoms with Gasteiger partial charge in [0.05, 0.1) is 16.4 Å². The van der Waals surface area contributed by atoms with Crippen molar-refractivity contribution in [2.45, 2.75) is 44.5 Å². The summed E-state index contributed by atoms with van der Waals surface area (Å²) in [5, 5.41) is 0.712. The number of nitrogens with zero attached hydrogens (tertiary/aromatic N) is 2. The predicted molar refractivity (Wildman–Crippen MR) is 80.9 cm³/mol. The van der Waals surface area contributed by atoms with Gasteiger partial charge in [0.15, 0.2) is 0 Å². The maximum atomic E-state index is 6.21. The Hall–Kier alpha value is -0.730. The van der Waals surface area contributed by atoms with Crippen molar-refractivity contribution in [1.82, 2.24) is 9.55 Å².